The highest BCUT2D eigenvalue weighted by molar-refractivity contribution is 5.35. The maximum atomic E-state index is 3.65. The van der Waals surface area contributed by atoms with Gasteiger partial charge in [-0.25, -0.2) is 0 Å². The number of hydrogen-bond acceptors (Lipinski definition) is 1. The van der Waals surface area contributed by atoms with Crippen molar-refractivity contribution in [3.63, 3.8) is 0 Å². The van der Waals surface area contributed by atoms with Crippen LogP contribution in [0.2, 0.25) is 0 Å². The summed E-state index contributed by atoms with van der Waals surface area (Å²) in [5.41, 5.74) is 3.33. The van der Waals surface area contributed by atoms with Crippen molar-refractivity contribution in [3.05, 3.63) is 71.8 Å². The Bertz CT molecular complexity index is 541. The van der Waals surface area contributed by atoms with Gasteiger partial charge >= 0.3 is 0 Å². The summed E-state index contributed by atoms with van der Waals surface area (Å²) < 4.78 is 0. The molecule has 3 rings (SSSR count). The summed E-state index contributed by atoms with van der Waals surface area (Å²) in [6.07, 6.45) is 3.72. The second kappa shape index (κ2) is 6.44. The Morgan fingerprint density at radius 1 is 0.952 bits per heavy atom. The number of nitrogens with one attached hydrogen (secondary N) is 1. The predicted molar refractivity (Wildman–Crippen MR) is 89.7 cm³/mol. The van der Waals surface area contributed by atoms with Gasteiger partial charge in [0.1, 0.15) is 0 Å². The molecule has 0 unspecified atom stereocenters. The van der Waals surface area contributed by atoms with Crippen molar-refractivity contribution in [1.82, 2.24) is 5.32 Å². The second-order valence-corrected chi connectivity index (χ2v) is 6.34. The summed E-state index contributed by atoms with van der Waals surface area (Å²) >= 11 is 0. The zero-order valence-electron chi connectivity index (χ0n) is 12.9. The van der Waals surface area contributed by atoms with Crippen LogP contribution in [0.25, 0.3) is 0 Å². The summed E-state index contributed by atoms with van der Waals surface area (Å²) in [7, 11) is 0. The molecule has 1 nitrogen and oxygen atoms in total. The fraction of sp³-hybridized carbons (Fsp3) is 0.400. The van der Waals surface area contributed by atoms with Crippen LogP contribution in [0.15, 0.2) is 60.7 Å². The van der Waals surface area contributed by atoms with Gasteiger partial charge in [0, 0.05) is 12.0 Å². The molecule has 0 amide bonds. The van der Waals surface area contributed by atoms with E-state index in [0.29, 0.717) is 5.41 Å². The summed E-state index contributed by atoms with van der Waals surface area (Å²) in [6, 6.07) is 22.0. The summed E-state index contributed by atoms with van der Waals surface area (Å²) in [6.45, 7) is 4.45. The molecule has 21 heavy (non-hydrogen) atoms. The van der Waals surface area contributed by atoms with Gasteiger partial charge in [-0.3, -0.25) is 0 Å². The van der Waals surface area contributed by atoms with Gasteiger partial charge < -0.3 is 5.32 Å². The van der Waals surface area contributed by atoms with Gasteiger partial charge in [0.15, 0.2) is 0 Å². The lowest BCUT2D eigenvalue weighted by atomic mass is 9.57. The van der Waals surface area contributed by atoms with E-state index in [0.717, 1.165) is 19.0 Å². The first kappa shape index (κ1) is 14.3. The van der Waals surface area contributed by atoms with Crippen molar-refractivity contribution < 1.29 is 0 Å². The molecule has 0 atom stereocenters. The van der Waals surface area contributed by atoms with E-state index in [1.807, 2.05) is 0 Å². The quantitative estimate of drug-likeness (QED) is 0.768. The monoisotopic (exact) mass is 279 g/mol. The molecule has 1 fully saturated rings. The van der Waals surface area contributed by atoms with E-state index in [1.165, 1.54) is 30.4 Å². The third kappa shape index (κ3) is 3.03. The minimum absolute atomic E-state index is 0.330. The van der Waals surface area contributed by atoms with Gasteiger partial charge in [-0.1, -0.05) is 67.6 Å². The van der Waals surface area contributed by atoms with Crippen LogP contribution in [0.3, 0.4) is 0 Å². The molecule has 0 saturated heterocycles. The molecule has 0 aromatic heterocycles. The van der Waals surface area contributed by atoms with E-state index < -0.39 is 0 Å². The first-order chi connectivity index (χ1) is 10.3. The molecule has 2 aromatic rings. The van der Waals surface area contributed by atoms with Gasteiger partial charge in [0.05, 0.1) is 0 Å². The Morgan fingerprint density at radius 3 is 2.19 bits per heavy atom. The minimum atomic E-state index is 0.330. The van der Waals surface area contributed by atoms with Gasteiger partial charge in [0.25, 0.3) is 0 Å². The highest BCUT2D eigenvalue weighted by Gasteiger charge is 2.45. The third-order valence-corrected chi connectivity index (χ3v) is 4.82. The van der Waals surface area contributed by atoms with E-state index >= 15 is 0 Å². The van der Waals surface area contributed by atoms with Crippen LogP contribution in [-0.4, -0.2) is 13.1 Å². The Labute approximate surface area is 128 Å². The molecule has 1 N–H and O–H groups in total. The normalized spacial score (nSPS) is 24.5. The summed E-state index contributed by atoms with van der Waals surface area (Å²) in [4.78, 5) is 0. The van der Waals surface area contributed by atoms with Crippen molar-refractivity contribution in [2.45, 2.75) is 37.5 Å². The fourth-order valence-electron chi connectivity index (χ4n) is 3.62. The van der Waals surface area contributed by atoms with Crippen molar-refractivity contribution in [1.29, 1.82) is 0 Å². The lowest BCUT2D eigenvalue weighted by Crippen LogP contribution is -2.47. The van der Waals surface area contributed by atoms with Gasteiger partial charge in [0.2, 0.25) is 0 Å². The minimum Gasteiger partial charge on any atom is -0.316 e. The molecule has 1 heteroatoms. The Morgan fingerprint density at radius 2 is 1.57 bits per heavy atom. The largest absolute Gasteiger partial charge is 0.316 e. The zero-order chi connectivity index (χ0) is 14.5. The highest BCUT2D eigenvalue weighted by Crippen LogP contribution is 2.52. The lowest BCUT2D eigenvalue weighted by molar-refractivity contribution is 0.194. The van der Waals surface area contributed by atoms with E-state index in [2.05, 4.69) is 72.9 Å². The van der Waals surface area contributed by atoms with Crippen LogP contribution in [0.5, 0.6) is 0 Å². The van der Waals surface area contributed by atoms with E-state index in [-0.39, 0.29) is 0 Å². The first-order valence-electron chi connectivity index (χ1n) is 8.15. The van der Waals surface area contributed by atoms with Crippen molar-refractivity contribution in [3.8, 4) is 0 Å². The molecule has 0 heterocycles. The van der Waals surface area contributed by atoms with Crippen LogP contribution in [0, 0.1) is 0 Å². The number of benzene rings is 2. The molecular weight excluding hydrogens is 254 g/mol. The van der Waals surface area contributed by atoms with Gasteiger partial charge in [-0.2, -0.15) is 0 Å². The fourth-order valence-corrected chi connectivity index (χ4v) is 3.62. The number of rotatable bonds is 6. The molecule has 1 saturated carbocycles. The highest BCUT2D eigenvalue weighted by atomic mass is 14.9. The van der Waals surface area contributed by atoms with Gasteiger partial charge in [-0.05, 0) is 42.9 Å². The maximum absolute atomic E-state index is 3.65. The van der Waals surface area contributed by atoms with Crippen LogP contribution in [-0.2, 0) is 5.41 Å². The molecule has 1 aliphatic rings. The van der Waals surface area contributed by atoms with E-state index in [1.54, 1.807) is 0 Å². The topological polar surface area (TPSA) is 12.0 Å². The second-order valence-electron chi connectivity index (χ2n) is 6.34. The molecule has 0 bridgehead atoms. The molecule has 0 radical (unpaired) electrons. The van der Waals surface area contributed by atoms with Crippen LogP contribution >= 0.6 is 0 Å². The van der Waals surface area contributed by atoms with Gasteiger partial charge in [-0.15, -0.1) is 0 Å². The average Bonchev–Trinajstić information content (AvgIpc) is 2.51. The first-order valence-corrected chi connectivity index (χ1v) is 8.15. The summed E-state index contributed by atoms with van der Waals surface area (Å²) in [5, 5.41) is 3.65. The molecule has 0 aliphatic heterocycles. The average molecular weight is 279 g/mol. The number of hydrogen-bond donors (Lipinski definition) is 1. The molecule has 1 aliphatic carbocycles. The summed E-state index contributed by atoms with van der Waals surface area (Å²) in [5.74, 6) is 0.717. The smallest absolute Gasteiger partial charge is 0.00894 e. The molecular formula is C20H25N. The van der Waals surface area contributed by atoms with Crippen LogP contribution in [0.1, 0.15) is 43.2 Å². The third-order valence-electron chi connectivity index (χ3n) is 4.82. The Balaban J connectivity index is 1.74. The molecule has 0 spiro atoms. The van der Waals surface area contributed by atoms with Crippen LogP contribution < -0.4 is 5.32 Å². The Hall–Kier alpha value is -1.60. The predicted octanol–water partition coefficient (Wildman–Crippen LogP) is 4.50. The van der Waals surface area contributed by atoms with Crippen molar-refractivity contribution in [2.24, 2.45) is 0 Å². The zero-order valence-corrected chi connectivity index (χ0v) is 12.9. The van der Waals surface area contributed by atoms with E-state index in [9.17, 15) is 0 Å². The maximum Gasteiger partial charge on any atom is 0.00894 e. The standard InChI is InChI=1S/C20H25N/c1-2-13-21-16-20(19-11-7-4-8-12-19)14-18(15-20)17-9-5-3-6-10-17/h3-12,18,21H,2,13-16H2,1H3. The lowest BCUT2D eigenvalue weighted by Gasteiger charge is -2.49. The van der Waals surface area contributed by atoms with Crippen molar-refractivity contribution >= 4 is 0 Å². The molecule has 2 aromatic carbocycles. The Kier molecular flexibility index (Phi) is 4.40. The molecule has 110 valence electrons. The van der Waals surface area contributed by atoms with E-state index in [4.69, 9.17) is 0 Å². The van der Waals surface area contributed by atoms with Crippen LogP contribution in [0.4, 0.5) is 0 Å². The van der Waals surface area contributed by atoms with Crippen molar-refractivity contribution in [2.75, 3.05) is 13.1 Å². The SMILES string of the molecule is CCCNCC1(c2ccccc2)CC(c2ccccc2)C1.